The Kier molecular flexibility index (Phi) is 4.78. The van der Waals surface area contributed by atoms with Crippen molar-refractivity contribution < 1.29 is 0 Å². The Morgan fingerprint density at radius 1 is 1.03 bits per heavy atom. The van der Waals surface area contributed by atoms with E-state index in [1.54, 1.807) is 11.3 Å². The van der Waals surface area contributed by atoms with Crippen LogP contribution in [0.2, 0.25) is 0 Å². The van der Waals surface area contributed by atoms with Gasteiger partial charge in [-0.1, -0.05) is 60.7 Å². The van der Waals surface area contributed by atoms with E-state index in [-0.39, 0.29) is 11.6 Å². The van der Waals surface area contributed by atoms with Crippen molar-refractivity contribution in [1.82, 2.24) is 14.9 Å². The zero-order valence-corrected chi connectivity index (χ0v) is 17.2. The molecule has 2 aromatic carbocycles. The Morgan fingerprint density at radius 3 is 2.34 bits per heavy atom. The molecule has 0 radical (unpaired) electrons. The predicted molar refractivity (Wildman–Crippen MR) is 118 cm³/mol. The smallest absolute Gasteiger partial charge is 0.259 e. The lowest BCUT2D eigenvalue weighted by atomic mass is 9.97. The van der Waals surface area contributed by atoms with E-state index in [0.29, 0.717) is 6.54 Å². The van der Waals surface area contributed by atoms with Crippen LogP contribution in [0.25, 0.3) is 10.2 Å². The SMILES string of the molecule is CN(Cc1nc2sc3c(c2c(=O)[nH]1)CCC3)C(c1ccccc1)c1ccccc1. The number of nitrogens with zero attached hydrogens (tertiary/aromatic N) is 2. The van der Waals surface area contributed by atoms with Crippen LogP contribution in [0.15, 0.2) is 65.5 Å². The van der Waals surface area contributed by atoms with Gasteiger partial charge >= 0.3 is 0 Å². The zero-order valence-electron chi connectivity index (χ0n) is 16.4. The summed E-state index contributed by atoms with van der Waals surface area (Å²) < 4.78 is 0. The van der Waals surface area contributed by atoms with Gasteiger partial charge in [-0.15, -0.1) is 11.3 Å². The number of aromatic nitrogens is 2. The number of thiophene rings is 1. The average Bonchev–Trinajstić information content (AvgIpc) is 3.30. The van der Waals surface area contributed by atoms with Crippen LogP contribution in [-0.2, 0) is 19.4 Å². The number of aryl methyl sites for hydroxylation is 2. The van der Waals surface area contributed by atoms with Gasteiger partial charge in [0.15, 0.2) is 0 Å². The van der Waals surface area contributed by atoms with Crippen molar-refractivity contribution in [2.45, 2.75) is 31.8 Å². The molecule has 0 amide bonds. The summed E-state index contributed by atoms with van der Waals surface area (Å²) in [6, 6.07) is 21.0. The third-order valence-electron chi connectivity index (χ3n) is 5.69. The van der Waals surface area contributed by atoms with Gasteiger partial charge in [0.1, 0.15) is 10.7 Å². The lowest BCUT2D eigenvalue weighted by molar-refractivity contribution is 0.264. The number of H-pyrrole nitrogens is 1. The van der Waals surface area contributed by atoms with E-state index in [2.05, 4.69) is 65.5 Å². The largest absolute Gasteiger partial charge is 0.309 e. The molecule has 2 aromatic heterocycles. The summed E-state index contributed by atoms with van der Waals surface area (Å²) in [6.07, 6.45) is 3.23. The molecule has 0 saturated heterocycles. The van der Waals surface area contributed by atoms with E-state index < -0.39 is 0 Å². The van der Waals surface area contributed by atoms with Gasteiger partial charge in [0.25, 0.3) is 5.56 Å². The maximum Gasteiger partial charge on any atom is 0.259 e. The van der Waals surface area contributed by atoms with Crippen molar-refractivity contribution in [2.75, 3.05) is 7.05 Å². The van der Waals surface area contributed by atoms with Crippen molar-refractivity contribution in [3.05, 3.63) is 98.4 Å². The third kappa shape index (κ3) is 3.41. The van der Waals surface area contributed by atoms with E-state index in [0.717, 1.165) is 35.3 Å². The minimum atomic E-state index is 0.00812. The summed E-state index contributed by atoms with van der Waals surface area (Å²) in [5.74, 6) is 0.724. The molecule has 1 aliphatic rings. The van der Waals surface area contributed by atoms with Gasteiger partial charge in [0.05, 0.1) is 18.0 Å². The van der Waals surface area contributed by atoms with Crippen LogP contribution in [0.5, 0.6) is 0 Å². The van der Waals surface area contributed by atoms with E-state index in [1.165, 1.54) is 21.6 Å². The molecule has 0 fully saturated rings. The van der Waals surface area contributed by atoms with E-state index in [1.807, 2.05) is 12.1 Å². The summed E-state index contributed by atoms with van der Waals surface area (Å²) >= 11 is 1.69. The summed E-state index contributed by atoms with van der Waals surface area (Å²) in [6.45, 7) is 0.572. The summed E-state index contributed by atoms with van der Waals surface area (Å²) in [5, 5.41) is 0.816. The molecule has 0 saturated carbocycles. The number of nitrogens with one attached hydrogen (secondary N) is 1. The van der Waals surface area contributed by atoms with Gasteiger partial charge in [-0.2, -0.15) is 0 Å². The highest BCUT2D eigenvalue weighted by Crippen LogP contribution is 2.35. The van der Waals surface area contributed by atoms with Crippen molar-refractivity contribution in [1.29, 1.82) is 0 Å². The van der Waals surface area contributed by atoms with Crippen molar-refractivity contribution in [3.63, 3.8) is 0 Å². The van der Waals surface area contributed by atoms with E-state index in [9.17, 15) is 4.79 Å². The predicted octanol–water partition coefficient (Wildman–Crippen LogP) is 4.69. The molecule has 0 spiro atoms. The molecule has 29 heavy (non-hydrogen) atoms. The molecule has 0 atom stereocenters. The number of aromatic amines is 1. The molecule has 5 rings (SSSR count). The molecule has 0 unspecified atom stereocenters. The Morgan fingerprint density at radius 2 is 1.69 bits per heavy atom. The Bertz CT molecular complexity index is 1160. The molecule has 2 heterocycles. The van der Waals surface area contributed by atoms with Crippen molar-refractivity contribution in [2.24, 2.45) is 0 Å². The second-order valence-electron chi connectivity index (χ2n) is 7.69. The number of hydrogen-bond donors (Lipinski definition) is 1. The fraction of sp³-hybridized carbons (Fsp3) is 0.250. The summed E-state index contributed by atoms with van der Waals surface area (Å²) in [4.78, 5) is 25.2. The Hall–Kier alpha value is -2.76. The fourth-order valence-corrected chi connectivity index (χ4v) is 5.70. The summed E-state index contributed by atoms with van der Waals surface area (Å²) in [7, 11) is 2.09. The molecule has 146 valence electrons. The maximum atomic E-state index is 12.8. The highest BCUT2D eigenvalue weighted by Gasteiger charge is 2.23. The maximum absolute atomic E-state index is 12.8. The first-order valence-corrected chi connectivity index (χ1v) is 10.9. The zero-order chi connectivity index (χ0) is 19.8. The van der Waals surface area contributed by atoms with E-state index >= 15 is 0 Å². The number of fused-ring (bicyclic) bond motifs is 3. The van der Waals surface area contributed by atoms with Crippen LogP contribution >= 0.6 is 11.3 Å². The second kappa shape index (κ2) is 7.58. The van der Waals surface area contributed by atoms with Gasteiger partial charge in [-0.05, 0) is 43.0 Å². The Balaban J connectivity index is 1.50. The molecule has 1 aliphatic carbocycles. The molecule has 5 heteroatoms. The van der Waals surface area contributed by atoms with Crippen LogP contribution in [0.4, 0.5) is 0 Å². The quantitative estimate of drug-likeness (QED) is 0.528. The molecular weight excluding hydrogens is 378 g/mol. The van der Waals surface area contributed by atoms with Crippen molar-refractivity contribution in [3.8, 4) is 0 Å². The van der Waals surface area contributed by atoms with E-state index in [4.69, 9.17) is 4.98 Å². The molecule has 0 bridgehead atoms. The monoisotopic (exact) mass is 401 g/mol. The van der Waals surface area contributed by atoms with Crippen LogP contribution in [0.1, 0.15) is 39.9 Å². The Labute approximate surface area is 173 Å². The van der Waals surface area contributed by atoms with Gasteiger partial charge in [0.2, 0.25) is 0 Å². The van der Waals surface area contributed by atoms with Gasteiger partial charge in [-0.25, -0.2) is 4.98 Å². The molecule has 4 aromatic rings. The average molecular weight is 402 g/mol. The number of benzene rings is 2. The topological polar surface area (TPSA) is 49.0 Å². The standard InChI is InChI=1S/C24H23N3OS/c1-27(22(16-9-4-2-5-10-16)17-11-6-3-7-12-17)15-20-25-23(28)21-18-13-8-14-19(18)29-24(21)26-20/h2-7,9-12,22H,8,13-15H2,1H3,(H,25,26,28). The van der Waals surface area contributed by atoms with Crippen LogP contribution in [-0.4, -0.2) is 21.9 Å². The fourth-order valence-electron chi connectivity index (χ4n) is 4.42. The lowest BCUT2D eigenvalue weighted by Gasteiger charge is -2.28. The minimum absolute atomic E-state index is 0.00812. The first-order chi connectivity index (χ1) is 14.2. The molecule has 1 N–H and O–H groups in total. The number of rotatable bonds is 5. The van der Waals surface area contributed by atoms with Crippen LogP contribution in [0, 0.1) is 0 Å². The summed E-state index contributed by atoms with van der Waals surface area (Å²) in [5.41, 5.74) is 3.68. The first kappa shape index (κ1) is 18.3. The highest BCUT2D eigenvalue weighted by molar-refractivity contribution is 7.18. The normalized spacial score (nSPS) is 13.5. The second-order valence-corrected chi connectivity index (χ2v) is 8.77. The first-order valence-electron chi connectivity index (χ1n) is 10.0. The minimum Gasteiger partial charge on any atom is -0.309 e. The lowest BCUT2D eigenvalue weighted by Crippen LogP contribution is -2.27. The van der Waals surface area contributed by atoms with Crippen LogP contribution in [0.3, 0.4) is 0 Å². The highest BCUT2D eigenvalue weighted by atomic mass is 32.1. The van der Waals surface area contributed by atoms with Crippen molar-refractivity contribution >= 4 is 21.6 Å². The molecule has 4 nitrogen and oxygen atoms in total. The van der Waals surface area contributed by atoms with Gasteiger partial charge in [0, 0.05) is 4.88 Å². The van der Waals surface area contributed by atoms with Gasteiger partial charge in [-0.3, -0.25) is 9.69 Å². The van der Waals surface area contributed by atoms with Gasteiger partial charge < -0.3 is 4.98 Å². The third-order valence-corrected chi connectivity index (χ3v) is 6.88. The van der Waals surface area contributed by atoms with Crippen LogP contribution < -0.4 is 5.56 Å². The number of hydrogen-bond acceptors (Lipinski definition) is 4. The molecule has 0 aliphatic heterocycles. The molecular formula is C24H23N3OS.